The number of nitrogens with zero attached hydrogens (tertiary/aromatic N) is 2. The zero-order chi connectivity index (χ0) is 15.6. The van der Waals surface area contributed by atoms with Crippen LogP contribution in [-0.4, -0.2) is 41.6 Å². The molecule has 0 bridgehead atoms. The normalized spacial score (nSPS) is 20.9. The van der Waals surface area contributed by atoms with Crippen molar-refractivity contribution in [2.75, 3.05) is 18.5 Å². The molecule has 6 heteroatoms. The first-order valence-electron chi connectivity index (χ1n) is 7.04. The Hall–Kier alpha value is -2.11. The second-order valence-electron chi connectivity index (χ2n) is 6.00. The SMILES string of the molecule is CNC(=O)c1cc(N2CCCC(C)(C)C2C(=O)O)ccn1. The maximum absolute atomic E-state index is 11.7. The molecule has 2 N–H and O–H groups in total. The molecule has 0 spiro atoms. The van der Waals surface area contributed by atoms with E-state index in [4.69, 9.17) is 0 Å². The number of hydrogen-bond donors (Lipinski definition) is 2. The lowest BCUT2D eigenvalue weighted by molar-refractivity contribution is -0.142. The highest BCUT2D eigenvalue weighted by atomic mass is 16.4. The van der Waals surface area contributed by atoms with Crippen molar-refractivity contribution >= 4 is 17.6 Å². The van der Waals surface area contributed by atoms with Gasteiger partial charge in [0.2, 0.25) is 0 Å². The molecule has 1 saturated heterocycles. The molecule has 6 nitrogen and oxygen atoms in total. The summed E-state index contributed by atoms with van der Waals surface area (Å²) >= 11 is 0. The summed E-state index contributed by atoms with van der Waals surface area (Å²) in [5.74, 6) is -1.11. The van der Waals surface area contributed by atoms with Crippen LogP contribution in [0.1, 0.15) is 37.2 Å². The van der Waals surface area contributed by atoms with Crippen molar-refractivity contribution in [3.05, 3.63) is 24.0 Å². The predicted octanol–water partition coefficient (Wildman–Crippen LogP) is 1.52. The summed E-state index contributed by atoms with van der Waals surface area (Å²) in [6.45, 7) is 4.61. The zero-order valence-corrected chi connectivity index (χ0v) is 12.6. The third-order valence-electron chi connectivity index (χ3n) is 4.04. The summed E-state index contributed by atoms with van der Waals surface area (Å²) in [5, 5.41) is 12.1. The van der Waals surface area contributed by atoms with Crippen molar-refractivity contribution in [2.24, 2.45) is 5.41 Å². The van der Waals surface area contributed by atoms with E-state index in [1.165, 1.54) is 0 Å². The summed E-state index contributed by atoms with van der Waals surface area (Å²) in [4.78, 5) is 29.3. The van der Waals surface area contributed by atoms with Gasteiger partial charge in [0, 0.05) is 25.5 Å². The summed E-state index contributed by atoms with van der Waals surface area (Å²) in [6.07, 6.45) is 3.34. The second kappa shape index (κ2) is 5.71. The summed E-state index contributed by atoms with van der Waals surface area (Å²) < 4.78 is 0. The van der Waals surface area contributed by atoms with Crippen LogP contribution in [0.2, 0.25) is 0 Å². The van der Waals surface area contributed by atoms with Gasteiger partial charge in [-0.15, -0.1) is 0 Å². The highest BCUT2D eigenvalue weighted by molar-refractivity contribution is 5.93. The van der Waals surface area contributed by atoms with Crippen LogP contribution >= 0.6 is 0 Å². The fourth-order valence-electron chi connectivity index (χ4n) is 2.99. The van der Waals surface area contributed by atoms with Gasteiger partial charge >= 0.3 is 5.97 Å². The lowest BCUT2D eigenvalue weighted by atomic mass is 9.76. The van der Waals surface area contributed by atoms with Gasteiger partial charge in [-0.1, -0.05) is 13.8 Å². The van der Waals surface area contributed by atoms with Crippen LogP contribution in [0.3, 0.4) is 0 Å². The predicted molar refractivity (Wildman–Crippen MR) is 79.4 cm³/mol. The van der Waals surface area contributed by atoms with E-state index in [2.05, 4.69) is 10.3 Å². The van der Waals surface area contributed by atoms with Crippen molar-refractivity contribution in [1.29, 1.82) is 0 Å². The Labute approximate surface area is 124 Å². The number of carboxylic acid groups (broad SMARTS) is 1. The Kier molecular flexibility index (Phi) is 4.16. The number of carbonyl (C=O) groups is 2. The average Bonchev–Trinajstić information content (AvgIpc) is 2.44. The van der Waals surface area contributed by atoms with E-state index in [0.29, 0.717) is 12.2 Å². The number of carbonyl (C=O) groups excluding carboxylic acids is 1. The second-order valence-corrected chi connectivity index (χ2v) is 6.00. The van der Waals surface area contributed by atoms with Gasteiger partial charge in [0.15, 0.2) is 0 Å². The van der Waals surface area contributed by atoms with E-state index in [1.54, 1.807) is 25.4 Å². The maximum Gasteiger partial charge on any atom is 0.326 e. The summed E-state index contributed by atoms with van der Waals surface area (Å²) in [6, 6.07) is 2.80. The number of piperidine rings is 1. The minimum Gasteiger partial charge on any atom is -0.480 e. The van der Waals surface area contributed by atoms with Gasteiger partial charge in [0.1, 0.15) is 11.7 Å². The minimum absolute atomic E-state index is 0.278. The molecule has 0 aliphatic carbocycles. The standard InChI is InChI=1S/C15H21N3O3/c1-15(2)6-4-8-18(12(15)14(20)21)10-5-7-17-11(9-10)13(19)16-3/h5,7,9,12H,4,6,8H2,1-3H3,(H,16,19)(H,20,21). The monoisotopic (exact) mass is 291 g/mol. The van der Waals surface area contributed by atoms with Crippen LogP contribution in [0.25, 0.3) is 0 Å². The molecule has 1 aliphatic heterocycles. The number of pyridine rings is 1. The van der Waals surface area contributed by atoms with Crippen LogP contribution in [-0.2, 0) is 4.79 Å². The summed E-state index contributed by atoms with van der Waals surface area (Å²) in [7, 11) is 1.54. The van der Waals surface area contributed by atoms with Gasteiger partial charge in [0.05, 0.1) is 0 Å². The highest BCUT2D eigenvalue weighted by Crippen LogP contribution is 2.37. The van der Waals surface area contributed by atoms with E-state index < -0.39 is 12.0 Å². The Morgan fingerprint density at radius 2 is 2.19 bits per heavy atom. The molecule has 21 heavy (non-hydrogen) atoms. The number of aliphatic carboxylic acids is 1. The molecule has 2 rings (SSSR count). The van der Waals surface area contributed by atoms with Crippen molar-refractivity contribution in [3.63, 3.8) is 0 Å². The van der Waals surface area contributed by atoms with E-state index >= 15 is 0 Å². The summed E-state index contributed by atoms with van der Waals surface area (Å²) in [5.41, 5.74) is 0.701. The molecule has 1 fully saturated rings. The molecule has 1 aliphatic rings. The minimum atomic E-state index is -0.835. The molecule has 1 atom stereocenters. The maximum atomic E-state index is 11.7. The Morgan fingerprint density at radius 3 is 2.81 bits per heavy atom. The zero-order valence-electron chi connectivity index (χ0n) is 12.6. The van der Waals surface area contributed by atoms with Gasteiger partial charge in [-0.25, -0.2) is 4.79 Å². The molecule has 0 radical (unpaired) electrons. The molecule has 114 valence electrons. The average molecular weight is 291 g/mol. The first-order valence-corrected chi connectivity index (χ1v) is 7.04. The Balaban J connectivity index is 2.39. The number of anilines is 1. The molecule has 0 saturated carbocycles. The highest BCUT2D eigenvalue weighted by Gasteiger charge is 2.42. The van der Waals surface area contributed by atoms with Crippen LogP contribution in [0.4, 0.5) is 5.69 Å². The number of amides is 1. The Bertz CT molecular complexity index is 557. The van der Waals surface area contributed by atoms with Crippen molar-refractivity contribution < 1.29 is 14.7 Å². The number of rotatable bonds is 3. The molecule has 0 aromatic carbocycles. The molecule has 1 unspecified atom stereocenters. The van der Waals surface area contributed by atoms with E-state index in [9.17, 15) is 14.7 Å². The third kappa shape index (κ3) is 2.99. The number of aromatic nitrogens is 1. The van der Waals surface area contributed by atoms with Crippen molar-refractivity contribution in [2.45, 2.75) is 32.7 Å². The fourth-order valence-corrected chi connectivity index (χ4v) is 2.99. The van der Waals surface area contributed by atoms with Crippen LogP contribution in [0.15, 0.2) is 18.3 Å². The van der Waals surface area contributed by atoms with Gasteiger partial charge in [-0.3, -0.25) is 9.78 Å². The first kappa shape index (κ1) is 15.3. The molecule has 1 aromatic heterocycles. The quantitative estimate of drug-likeness (QED) is 0.882. The van der Waals surface area contributed by atoms with Gasteiger partial charge in [-0.2, -0.15) is 0 Å². The smallest absolute Gasteiger partial charge is 0.326 e. The van der Waals surface area contributed by atoms with E-state index in [0.717, 1.165) is 18.5 Å². The molecular weight excluding hydrogens is 270 g/mol. The third-order valence-corrected chi connectivity index (χ3v) is 4.04. The lowest BCUT2D eigenvalue weighted by Crippen LogP contribution is -2.54. The molecule has 1 amide bonds. The Morgan fingerprint density at radius 1 is 1.48 bits per heavy atom. The van der Waals surface area contributed by atoms with Crippen LogP contribution in [0.5, 0.6) is 0 Å². The topological polar surface area (TPSA) is 82.5 Å². The van der Waals surface area contributed by atoms with Gasteiger partial charge < -0.3 is 15.3 Å². The molecular formula is C15H21N3O3. The van der Waals surface area contributed by atoms with Crippen LogP contribution < -0.4 is 10.2 Å². The largest absolute Gasteiger partial charge is 0.480 e. The van der Waals surface area contributed by atoms with E-state index in [-0.39, 0.29) is 11.3 Å². The van der Waals surface area contributed by atoms with E-state index in [1.807, 2.05) is 18.7 Å². The lowest BCUT2D eigenvalue weighted by Gasteiger charge is -2.45. The number of nitrogens with one attached hydrogen (secondary N) is 1. The number of hydrogen-bond acceptors (Lipinski definition) is 4. The van der Waals surface area contributed by atoms with Crippen LogP contribution in [0, 0.1) is 5.41 Å². The number of carboxylic acids is 1. The molecule has 2 heterocycles. The van der Waals surface area contributed by atoms with Gasteiger partial charge in [-0.05, 0) is 30.4 Å². The van der Waals surface area contributed by atoms with Crippen molar-refractivity contribution in [1.82, 2.24) is 10.3 Å². The van der Waals surface area contributed by atoms with Crippen molar-refractivity contribution in [3.8, 4) is 0 Å². The fraction of sp³-hybridized carbons (Fsp3) is 0.533. The molecule has 1 aromatic rings. The first-order chi connectivity index (χ1) is 9.86. The van der Waals surface area contributed by atoms with Gasteiger partial charge in [0.25, 0.3) is 5.91 Å².